The van der Waals surface area contributed by atoms with Crippen molar-refractivity contribution in [2.24, 2.45) is 0 Å². The SMILES string of the molecule is COc1ccc(CN(C)c2ccc(S(C)(=O)=O)cc2)cc1OC. The van der Waals surface area contributed by atoms with Crippen molar-refractivity contribution in [3.8, 4) is 11.5 Å². The summed E-state index contributed by atoms with van der Waals surface area (Å²) in [5.74, 6) is 1.38. The molecule has 2 aromatic carbocycles. The summed E-state index contributed by atoms with van der Waals surface area (Å²) < 4.78 is 33.5. The van der Waals surface area contributed by atoms with Gasteiger partial charge in [0.25, 0.3) is 0 Å². The van der Waals surface area contributed by atoms with Gasteiger partial charge >= 0.3 is 0 Å². The molecule has 0 atom stereocenters. The van der Waals surface area contributed by atoms with Crippen LogP contribution in [0.3, 0.4) is 0 Å². The third kappa shape index (κ3) is 4.16. The number of rotatable bonds is 6. The van der Waals surface area contributed by atoms with Crippen molar-refractivity contribution in [2.45, 2.75) is 11.4 Å². The van der Waals surface area contributed by atoms with Crippen LogP contribution in [0.2, 0.25) is 0 Å². The average Bonchev–Trinajstić information content (AvgIpc) is 2.54. The summed E-state index contributed by atoms with van der Waals surface area (Å²) in [5.41, 5.74) is 2.00. The first-order chi connectivity index (χ1) is 10.8. The van der Waals surface area contributed by atoms with Crippen molar-refractivity contribution >= 4 is 15.5 Å². The van der Waals surface area contributed by atoms with E-state index in [0.717, 1.165) is 11.3 Å². The fourth-order valence-corrected chi connectivity index (χ4v) is 2.92. The van der Waals surface area contributed by atoms with Gasteiger partial charge in [0.1, 0.15) is 0 Å². The van der Waals surface area contributed by atoms with Crippen molar-refractivity contribution in [3.63, 3.8) is 0 Å². The van der Waals surface area contributed by atoms with Gasteiger partial charge in [0.05, 0.1) is 19.1 Å². The zero-order chi connectivity index (χ0) is 17.0. The highest BCUT2D eigenvalue weighted by molar-refractivity contribution is 7.90. The van der Waals surface area contributed by atoms with E-state index in [-0.39, 0.29) is 0 Å². The molecule has 5 nitrogen and oxygen atoms in total. The summed E-state index contributed by atoms with van der Waals surface area (Å²) in [6.45, 7) is 0.665. The first-order valence-corrected chi connectivity index (χ1v) is 8.96. The molecule has 0 saturated heterocycles. The fourth-order valence-electron chi connectivity index (χ4n) is 2.29. The predicted octanol–water partition coefficient (Wildman–Crippen LogP) is 2.74. The van der Waals surface area contributed by atoms with Crippen LogP contribution in [0.4, 0.5) is 5.69 Å². The van der Waals surface area contributed by atoms with Gasteiger partial charge in [-0.05, 0) is 42.0 Å². The van der Waals surface area contributed by atoms with Crippen LogP contribution in [-0.4, -0.2) is 35.9 Å². The molecule has 0 radical (unpaired) electrons. The minimum absolute atomic E-state index is 0.320. The van der Waals surface area contributed by atoms with Gasteiger partial charge in [0.15, 0.2) is 21.3 Å². The van der Waals surface area contributed by atoms with Crippen molar-refractivity contribution in [1.82, 2.24) is 0 Å². The molecule has 23 heavy (non-hydrogen) atoms. The highest BCUT2D eigenvalue weighted by Gasteiger charge is 2.10. The molecule has 0 heterocycles. The molecule has 0 aliphatic carbocycles. The first kappa shape index (κ1) is 17.1. The molecule has 124 valence electrons. The molecule has 0 spiro atoms. The van der Waals surface area contributed by atoms with Crippen LogP contribution >= 0.6 is 0 Å². The van der Waals surface area contributed by atoms with E-state index < -0.39 is 9.84 Å². The Bertz CT molecular complexity index is 770. The number of hydrogen-bond donors (Lipinski definition) is 0. The quantitative estimate of drug-likeness (QED) is 0.812. The largest absolute Gasteiger partial charge is 0.493 e. The monoisotopic (exact) mass is 335 g/mol. The van der Waals surface area contributed by atoms with E-state index in [9.17, 15) is 8.42 Å². The Morgan fingerprint density at radius 2 is 1.57 bits per heavy atom. The van der Waals surface area contributed by atoms with Crippen LogP contribution in [0, 0.1) is 0 Å². The lowest BCUT2D eigenvalue weighted by atomic mass is 10.2. The highest BCUT2D eigenvalue weighted by Crippen LogP contribution is 2.28. The van der Waals surface area contributed by atoms with Crippen LogP contribution in [0.1, 0.15) is 5.56 Å². The molecule has 2 aromatic rings. The maximum atomic E-state index is 11.5. The van der Waals surface area contributed by atoms with Crippen LogP contribution in [0.15, 0.2) is 47.4 Å². The molecule has 0 saturated carbocycles. The Hall–Kier alpha value is -2.21. The second kappa shape index (κ2) is 6.91. The number of sulfone groups is 1. The van der Waals surface area contributed by atoms with Crippen LogP contribution in [0.5, 0.6) is 11.5 Å². The zero-order valence-corrected chi connectivity index (χ0v) is 14.6. The molecule has 6 heteroatoms. The van der Waals surface area contributed by atoms with Gasteiger partial charge in [0, 0.05) is 25.5 Å². The number of benzene rings is 2. The van der Waals surface area contributed by atoms with Crippen molar-refractivity contribution in [3.05, 3.63) is 48.0 Å². The fraction of sp³-hybridized carbons (Fsp3) is 0.294. The van der Waals surface area contributed by atoms with Gasteiger partial charge in [-0.25, -0.2) is 8.42 Å². The third-order valence-electron chi connectivity index (χ3n) is 3.57. The molecule has 0 fully saturated rings. The van der Waals surface area contributed by atoms with Crippen molar-refractivity contribution in [2.75, 3.05) is 32.4 Å². The Labute approximate surface area is 137 Å². The molecule has 0 aromatic heterocycles. The maximum absolute atomic E-state index is 11.5. The predicted molar refractivity (Wildman–Crippen MR) is 91.2 cm³/mol. The van der Waals surface area contributed by atoms with Crippen LogP contribution < -0.4 is 14.4 Å². The molecule has 0 bridgehead atoms. The number of ether oxygens (including phenoxy) is 2. The highest BCUT2D eigenvalue weighted by atomic mass is 32.2. The summed E-state index contributed by atoms with van der Waals surface area (Å²) >= 11 is 0. The van der Waals surface area contributed by atoms with E-state index in [0.29, 0.717) is 22.9 Å². The van der Waals surface area contributed by atoms with E-state index in [2.05, 4.69) is 0 Å². The van der Waals surface area contributed by atoms with E-state index in [1.54, 1.807) is 38.5 Å². The molecule has 0 aliphatic heterocycles. The minimum atomic E-state index is -3.17. The lowest BCUT2D eigenvalue weighted by Crippen LogP contribution is -2.16. The standard InChI is InChI=1S/C17H21NO4S/c1-18(14-6-8-15(9-7-14)23(4,19)20)12-13-5-10-16(21-2)17(11-13)22-3/h5-11H,12H2,1-4H3. The lowest BCUT2D eigenvalue weighted by Gasteiger charge is -2.20. The Morgan fingerprint density at radius 3 is 2.09 bits per heavy atom. The number of nitrogens with zero attached hydrogens (tertiary/aromatic N) is 1. The van der Waals surface area contributed by atoms with Gasteiger partial charge in [-0.2, -0.15) is 0 Å². The minimum Gasteiger partial charge on any atom is -0.493 e. The third-order valence-corrected chi connectivity index (χ3v) is 4.70. The Morgan fingerprint density at radius 1 is 0.957 bits per heavy atom. The zero-order valence-electron chi connectivity index (χ0n) is 13.7. The summed E-state index contributed by atoms with van der Waals surface area (Å²) in [7, 11) is 1.99. The first-order valence-electron chi connectivity index (χ1n) is 7.07. The smallest absolute Gasteiger partial charge is 0.175 e. The summed E-state index contributed by atoms with van der Waals surface area (Å²) in [6.07, 6.45) is 1.20. The van der Waals surface area contributed by atoms with Gasteiger partial charge < -0.3 is 14.4 Å². The normalized spacial score (nSPS) is 11.1. The molecule has 0 amide bonds. The van der Waals surface area contributed by atoms with Crippen molar-refractivity contribution < 1.29 is 17.9 Å². The molecule has 2 rings (SSSR count). The second-order valence-electron chi connectivity index (χ2n) is 5.31. The molecule has 0 unspecified atom stereocenters. The molecule has 0 N–H and O–H groups in total. The summed E-state index contributed by atoms with van der Waals surface area (Å²) in [5, 5.41) is 0. The average molecular weight is 335 g/mol. The topological polar surface area (TPSA) is 55.8 Å². The van der Waals surface area contributed by atoms with Crippen molar-refractivity contribution in [1.29, 1.82) is 0 Å². The molecular weight excluding hydrogens is 314 g/mol. The van der Waals surface area contributed by atoms with Gasteiger partial charge in [0.2, 0.25) is 0 Å². The Kier molecular flexibility index (Phi) is 5.15. The molecule has 0 aliphatic rings. The van der Waals surface area contributed by atoms with E-state index in [1.807, 2.05) is 30.1 Å². The lowest BCUT2D eigenvalue weighted by molar-refractivity contribution is 0.354. The van der Waals surface area contributed by atoms with Gasteiger partial charge in [-0.3, -0.25) is 0 Å². The molecular formula is C17H21NO4S. The van der Waals surface area contributed by atoms with E-state index >= 15 is 0 Å². The van der Waals surface area contributed by atoms with Crippen LogP contribution in [0.25, 0.3) is 0 Å². The maximum Gasteiger partial charge on any atom is 0.175 e. The summed E-state index contributed by atoms with van der Waals surface area (Å²) in [6, 6.07) is 12.6. The van der Waals surface area contributed by atoms with E-state index in [4.69, 9.17) is 9.47 Å². The number of methoxy groups -OCH3 is 2. The second-order valence-corrected chi connectivity index (χ2v) is 7.33. The summed E-state index contributed by atoms with van der Waals surface area (Å²) in [4.78, 5) is 2.36. The van der Waals surface area contributed by atoms with E-state index in [1.165, 1.54) is 6.26 Å². The Balaban J connectivity index is 2.17. The van der Waals surface area contributed by atoms with Gasteiger partial charge in [-0.1, -0.05) is 6.07 Å². The van der Waals surface area contributed by atoms with Crippen LogP contribution in [-0.2, 0) is 16.4 Å². The number of anilines is 1. The number of hydrogen-bond acceptors (Lipinski definition) is 5. The van der Waals surface area contributed by atoms with Gasteiger partial charge in [-0.15, -0.1) is 0 Å².